The number of aliphatic carboxylic acids is 2. The average molecular weight is 200 g/mol. The molecule has 0 amide bonds. The molecular formula is C4H10Na2O6. The van der Waals surface area contributed by atoms with E-state index < -0.39 is 24.5 Å². The van der Waals surface area contributed by atoms with E-state index in [2.05, 4.69) is 0 Å². The van der Waals surface area contributed by atoms with Crippen molar-refractivity contribution in [3.05, 3.63) is 0 Å². The molecule has 0 aromatic carbocycles. The molecule has 12 heavy (non-hydrogen) atoms. The Kier molecular flexibility index (Phi) is 22.8. The van der Waals surface area contributed by atoms with Crippen LogP contribution < -0.4 is 0 Å². The molecule has 5 N–H and O–H groups in total. The first-order chi connectivity index (χ1) is 4.04. The fraction of sp³-hybridized carbons (Fsp3) is 0.500. The zero-order valence-electron chi connectivity index (χ0n) is 4.94. The van der Waals surface area contributed by atoms with Crippen LogP contribution in [0.1, 0.15) is 6.42 Å². The van der Waals surface area contributed by atoms with Gasteiger partial charge in [0.2, 0.25) is 0 Å². The van der Waals surface area contributed by atoms with Crippen molar-refractivity contribution in [1.29, 1.82) is 0 Å². The number of hydrogen-bond acceptors (Lipinski definition) is 3. The van der Waals surface area contributed by atoms with Gasteiger partial charge in [0, 0.05) is 0 Å². The number of aliphatic hydroxyl groups excluding tert-OH is 1. The number of carboxylic acids is 2. The second-order valence-corrected chi connectivity index (χ2v) is 1.45. The van der Waals surface area contributed by atoms with Gasteiger partial charge in [0.15, 0.2) is 6.10 Å². The molecule has 0 aliphatic rings. The first-order valence-electron chi connectivity index (χ1n) is 2.16. The number of carboxylic acid groups (broad SMARTS) is 2. The summed E-state index contributed by atoms with van der Waals surface area (Å²) < 4.78 is 0. The van der Waals surface area contributed by atoms with Gasteiger partial charge in [-0.15, -0.1) is 0 Å². The van der Waals surface area contributed by atoms with Gasteiger partial charge in [0.25, 0.3) is 0 Å². The van der Waals surface area contributed by atoms with Crippen LogP contribution in [-0.4, -0.2) is 98.0 Å². The van der Waals surface area contributed by atoms with E-state index >= 15 is 0 Å². The topological polar surface area (TPSA) is 126 Å². The predicted octanol–water partition coefficient (Wildman–Crippen LogP) is -3.22. The van der Waals surface area contributed by atoms with Gasteiger partial charge in [0.05, 0.1) is 6.42 Å². The van der Waals surface area contributed by atoms with E-state index in [1.54, 1.807) is 0 Å². The predicted molar refractivity (Wildman–Crippen MR) is 43.8 cm³/mol. The van der Waals surface area contributed by atoms with Crippen molar-refractivity contribution in [1.82, 2.24) is 0 Å². The third-order valence-corrected chi connectivity index (χ3v) is 0.653. The maximum atomic E-state index is 9.72. The van der Waals surface area contributed by atoms with Crippen molar-refractivity contribution in [2.45, 2.75) is 12.5 Å². The Bertz CT molecular complexity index is 138. The van der Waals surface area contributed by atoms with Crippen LogP contribution in [0.25, 0.3) is 0 Å². The molecule has 0 aromatic rings. The second kappa shape index (κ2) is 11.9. The van der Waals surface area contributed by atoms with Gasteiger partial charge in [-0.05, 0) is 0 Å². The second-order valence-electron chi connectivity index (χ2n) is 1.45. The zero-order chi connectivity index (χ0) is 7.44. The van der Waals surface area contributed by atoms with Gasteiger partial charge < -0.3 is 20.8 Å². The summed E-state index contributed by atoms with van der Waals surface area (Å²) in [6.45, 7) is 0. The summed E-state index contributed by atoms with van der Waals surface area (Å²) >= 11 is 0. The molecule has 0 fully saturated rings. The van der Waals surface area contributed by atoms with Crippen molar-refractivity contribution in [2.24, 2.45) is 0 Å². The molecule has 0 heterocycles. The Hall–Kier alpha value is 0.860. The molecule has 0 bridgehead atoms. The molecule has 0 aliphatic carbocycles. The molecule has 0 aromatic heterocycles. The summed E-state index contributed by atoms with van der Waals surface area (Å²) in [6.07, 6.45) is -2.54. The number of aliphatic hydroxyl groups is 1. The van der Waals surface area contributed by atoms with Gasteiger partial charge in [0.1, 0.15) is 0 Å². The summed E-state index contributed by atoms with van der Waals surface area (Å²) in [7, 11) is 0. The molecule has 0 radical (unpaired) electrons. The summed E-state index contributed by atoms with van der Waals surface area (Å²) in [6, 6.07) is 0. The van der Waals surface area contributed by atoms with Gasteiger partial charge in [-0.1, -0.05) is 0 Å². The molecule has 8 heteroatoms. The van der Waals surface area contributed by atoms with Crippen LogP contribution in [0.15, 0.2) is 0 Å². The number of rotatable bonds is 3. The van der Waals surface area contributed by atoms with Crippen molar-refractivity contribution in [3.63, 3.8) is 0 Å². The molecule has 0 aliphatic heterocycles. The maximum absolute atomic E-state index is 9.72. The van der Waals surface area contributed by atoms with Crippen LogP contribution in [0.5, 0.6) is 0 Å². The van der Waals surface area contributed by atoms with E-state index in [0.29, 0.717) is 0 Å². The van der Waals surface area contributed by atoms with Crippen LogP contribution in [0.4, 0.5) is 0 Å². The van der Waals surface area contributed by atoms with Crippen molar-refractivity contribution in [2.75, 3.05) is 0 Å². The average Bonchev–Trinajstić information content (AvgIpc) is 1.63. The normalized spacial score (nSPS) is 9.42. The van der Waals surface area contributed by atoms with E-state index in [9.17, 15) is 9.59 Å². The molecule has 64 valence electrons. The van der Waals surface area contributed by atoms with Crippen LogP contribution >= 0.6 is 0 Å². The van der Waals surface area contributed by atoms with E-state index in [1.807, 2.05) is 0 Å². The molecular weight excluding hydrogens is 190 g/mol. The fourth-order valence-electron chi connectivity index (χ4n) is 0.253. The fourth-order valence-corrected chi connectivity index (χ4v) is 0.253. The zero-order valence-corrected chi connectivity index (χ0v) is 4.94. The SMILES string of the molecule is O.O=C(O)CC(O)C(=O)O.[NaH].[NaH]. The quantitative estimate of drug-likeness (QED) is 0.413. The molecule has 1 unspecified atom stereocenters. The van der Waals surface area contributed by atoms with E-state index in [4.69, 9.17) is 15.3 Å². The molecule has 0 spiro atoms. The van der Waals surface area contributed by atoms with Gasteiger partial charge in [-0.2, -0.15) is 0 Å². The third-order valence-electron chi connectivity index (χ3n) is 0.653. The van der Waals surface area contributed by atoms with E-state index in [0.717, 1.165) is 0 Å². The third kappa shape index (κ3) is 13.4. The van der Waals surface area contributed by atoms with Crippen molar-refractivity contribution in [3.8, 4) is 0 Å². The minimum absolute atomic E-state index is 0. The Labute approximate surface area is 113 Å². The van der Waals surface area contributed by atoms with Crippen LogP contribution in [0.3, 0.4) is 0 Å². The van der Waals surface area contributed by atoms with Crippen molar-refractivity contribution >= 4 is 71.1 Å². The van der Waals surface area contributed by atoms with Crippen LogP contribution in [0.2, 0.25) is 0 Å². The first kappa shape index (κ1) is 23.0. The monoisotopic (exact) mass is 200 g/mol. The van der Waals surface area contributed by atoms with Crippen LogP contribution in [-0.2, 0) is 9.59 Å². The number of hydrogen-bond donors (Lipinski definition) is 3. The summed E-state index contributed by atoms with van der Waals surface area (Å²) in [4.78, 5) is 19.4. The summed E-state index contributed by atoms with van der Waals surface area (Å²) in [5, 5.41) is 24.1. The van der Waals surface area contributed by atoms with Crippen molar-refractivity contribution < 1.29 is 30.4 Å². The molecule has 0 rings (SSSR count). The van der Waals surface area contributed by atoms with Gasteiger partial charge in [-0.25, -0.2) is 4.79 Å². The standard InChI is InChI=1S/C4H6O5.2Na.H2O.2H/c5-2(4(8)9)1-3(6)7;;;;;/h2,5H,1H2,(H,6,7)(H,8,9);;;1H2;;. The Balaban J connectivity index is -0.000000107. The Morgan fingerprint density at radius 3 is 1.58 bits per heavy atom. The summed E-state index contributed by atoms with van der Waals surface area (Å²) in [5.74, 6) is -2.85. The van der Waals surface area contributed by atoms with E-state index in [-0.39, 0.29) is 64.6 Å². The Morgan fingerprint density at radius 1 is 1.17 bits per heavy atom. The molecule has 0 saturated carbocycles. The molecule has 1 atom stereocenters. The number of carbonyl (C=O) groups is 2. The van der Waals surface area contributed by atoms with Crippen LogP contribution in [0, 0.1) is 0 Å². The van der Waals surface area contributed by atoms with E-state index in [1.165, 1.54) is 0 Å². The van der Waals surface area contributed by atoms with Gasteiger partial charge in [-0.3, -0.25) is 4.79 Å². The summed E-state index contributed by atoms with van der Waals surface area (Å²) in [5.41, 5.74) is 0. The Morgan fingerprint density at radius 2 is 1.50 bits per heavy atom. The first-order valence-corrected chi connectivity index (χ1v) is 2.16. The molecule has 6 nitrogen and oxygen atoms in total. The molecule has 0 saturated heterocycles. The van der Waals surface area contributed by atoms with Gasteiger partial charge >= 0.3 is 71.1 Å². The minimum atomic E-state index is -1.79.